The molecule has 0 radical (unpaired) electrons. The molecule has 2 aromatic carbocycles. The quantitative estimate of drug-likeness (QED) is 0.637. The van der Waals surface area contributed by atoms with Gasteiger partial charge in [0.05, 0.1) is 17.9 Å². The van der Waals surface area contributed by atoms with E-state index in [0.717, 1.165) is 0 Å². The first-order valence-corrected chi connectivity index (χ1v) is 10.9. The monoisotopic (exact) mass is 480 g/mol. The molecule has 0 spiro atoms. The summed E-state index contributed by atoms with van der Waals surface area (Å²) in [6, 6.07) is 6.90. The molecule has 7 nitrogen and oxygen atoms in total. The summed E-state index contributed by atoms with van der Waals surface area (Å²) < 4.78 is 39.8. The van der Waals surface area contributed by atoms with Crippen molar-refractivity contribution >= 4 is 34.9 Å². The van der Waals surface area contributed by atoms with Crippen LogP contribution in [0.15, 0.2) is 30.3 Å². The van der Waals surface area contributed by atoms with Crippen LogP contribution in [-0.4, -0.2) is 48.4 Å². The largest absolute Gasteiger partial charge is 0.490 e. The van der Waals surface area contributed by atoms with E-state index < -0.39 is 29.3 Å². The third-order valence-electron chi connectivity index (χ3n) is 5.92. The molecule has 2 heterocycles. The van der Waals surface area contributed by atoms with Gasteiger partial charge >= 0.3 is 5.97 Å². The van der Waals surface area contributed by atoms with Crippen LogP contribution in [0.25, 0.3) is 0 Å². The predicted octanol–water partition coefficient (Wildman–Crippen LogP) is 3.45. The van der Waals surface area contributed by atoms with Gasteiger partial charge in [-0.25, -0.2) is 8.78 Å². The molecule has 176 valence electrons. The highest BCUT2D eigenvalue weighted by atomic mass is 35.5. The zero-order chi connectivity index (χ0) is 23.8. The molecule has 2 atom stereocenters. The molecule has 4 rings (SSSR count). The van der Waals surface area contributed by atoms with E-state index >= 15 is 0 Å². The number of fused-ring (bicyclic) bond motifs is 1. The minimum absolute atomic E-state index is 0.0373. The molecule has 0 aromatic heterocycles. The summed E-state index contributed by atoms with van der Waals surface area (Å²) in [5.74, 6) is -1.65. The molecule has 1 amide bonds. The lowest BCUT2D eigenvalue weighted by Crippen LogP contribution is -2.60. The van der Waals surface area contributed by atoms with Crippen LogP contribution in [0.5, 0.6) is 5.75 Å². The molecule has 33 heavy (non-hydrogen) atoms. The Balaban J connectivity index is 1.54. The Kier molecular flexibility index (Phi) is 6.45. The SMILES string of the molecule is CC(=O)OC1CN(c2ccc(Cl)cc2F)CCC1(O)COc1ccc(F)c2c1CCC(=O)N2. The van der Waals surface area contributed by atoms with Gasteiger partial charge in [-0.05, 0) is 36.8 Å². The van der Waals surface area contributed by atoms with Gasteiger partial charge in [0.2, 0.25) is 5.91 Å². The zero-order valence-corrected chi connectivity index (χ0v) is 18.6. The Morgan fingerprint density at radius 2 is 2.06 bits per heavy atom. The van der Waals surface area contributed by atoms with Crippen molar-refractivity contribution in [3.63, 3.8) is 0 Å². The van der Waals surface area contributed by atoms with Crippen LogP contribution in [-0.2, 0) is 20.7 Å². The fourth-order valence-corrected chi connectivity index (χ4v) is 4.34. The molecular formula is C23H23ClF2N2O5. The van der Waals surface area contributed by atoms with Crippen molar-refractivity contribution in [2.24, 2.45) is 0 Å². The standard InChI is InChI=1S/C23H23ClF2N2O5/c1-13(29)33-20-11-28(18-5-2-14(24)10-17(18)26)9-8-23(20,31)12-32-19-6-4-16(25)22-15(19)3-7-21(30)27-22/h2,4-6,10,20,31H,3,7-9,11-12H2,1H3,(H,27,30). The Labute approximate surface area is 194 Å². The average Bonchev–Trinajstić information content (AvgIpc) is 2.75. The third-order valence-corrected chi connectivity index (χ3v) is 6.16. The van der Waals surface area contributed by atoms with E-state index in [0.29, 0.717) is 17.7 Å². The molecule has 2 aliphatic heterocycles. The van der Waals surface area contributed by atoms with Crippen molar-refractivity contribution in [3.8, 4) is 5.75 Å². The van der Waals surface area contributed by atoms with Crippen LogP contribution in [0.2, 0.25) is 5.02 Å². The highest BCUT2D eigenvalue weighted by Crippen LogP contribution is 2.36. The number of hydrogen-bond acceptors (Lipinski definition) is 6. The maximum atomic E-state index is 14.4. The lowest BCUT2D eigenvalue weighted by molar-refractivity contribution is -0.169. The Hall–Kier alpha value is -2.91. The number of amides is 1. The second-order valence-corrected chi connectivity index (χ2v) is 8.67. The van der Waals surface area contributed by atoms with E-state index in [1.807, 2.05) is 0 Å². The highest BCUT2D eigenvalue weighted by Gasteiger charge is 2.45. The van der Waals surface area contributed by atoms with Crippen LogP contribution in [0.4, 0.5) is 20.2 Å². The Morgan fingerprint density at radius 3 is 2.79 bits per heavy atom. The molecule has 10 heteroatoms. The fourth-order valence-electron chi connectivity index (χ4n) is 4.18. The zero-order valence-electron chi connectivity index (χ0n) is 17.9. The molecule has 0 saturated carbocycles. The summed E-state index contributed by atoms with van der Waals surface area (Å²) in [5.41, 5.74) is -0.712. The summed E-state index contributed by atoms with van der Waals surface area (Å²) >= 11 is 5.84. The van der Waals surface area contributed by atoms with Crippen molar-refractivity contribution in [2.75, 3.05) is 29.9 Å². The molecule has 0 bridgehead atoms. The summed E-state index contributed by atoms with van der Waals surface area (Å²) in [7, 11) is 0. The lowest BCUT2D eigenvalue weighted by Gasteiger charge is -2.44. The maximum absolute atomic E-state index is 14.4. The average molecular weight is 481 g/mol. The number of nitrogens with one attached hydrogen (secondary N) is 1. The molecule has 0 aliphatic carbocycles. The smallest absolute Gasteiger partial charge is 0.303 e. The molecule has 2 unspecified atom stereocenters. The summed E-state index contributed by atoms with van der Waals surface area (Å²) in [5, 5.41) is 14.1. The second-order valence-electron chi connectivity index (χ2n) is 8.23. The molecule has 1 fully saturated rings. The second kappa shape index (κ2) is 9.15. The minimum atomic E-state index is -1.57. The number of benzene rings is 2. The molecule has 1 saturated heterocycles. The van der Waals surface area contributed by atoms with Crippen molar-refractivity contribution in [2.45, 2.75) is 37.9 Å². The van der Waals surface area contributed by atoms with Crippen LogP contribution in [0.3, 0.4) is 0 Å². The van der Waals surface area contributed by atoms with Gasteiger partial charge in [0.1, 0.15) is 29.6 Å². The predicted molar refractivity (Wildman–Crippen MR) is 118 cm³/mol. The third kappa shape index (κ3) is 4.89. The summed E-state index contributed by atoms with van der Waals surface area (Å²) in [4.78, 5) is 25.0. The number of aliphatic hydroxyl groups is 1. The Bertz CT molecular complexity index is 1100. The summed E-state index contributed by atoms with van der Waals surface area (Å²) in [6.07, 6.45) is -0.402. The Morgan fingerprint density at radius 1 is 1.27 bits per heavy atom. The van der Waals surface area contributed by atoms with Gasteiger partial charge < -0.3 is 24.8 Å². The topological polar surface area (TPSA) is 88.1 Å². The van der Waals surface area contributed by atoms with Gasteiger partial charge in [0, 0.05) is 36.9 Å². The van der Waals surface area contributed by atoms with Gasteiger partial charge in [0.15, 0.2) is 6.10 Å². The van der Waals surface area contributed by atoms with Crippen molar-refractivity contribution in [1.29, 1.82) is 0 Å². The number of halogens is 3. The molecular weight excluding hydrogens is 458 g/mol. The van der Waals surface area contributed by atoms with Gasteiger partial charge in [-0.15, -0.1) is 0 Å². The molecule has 2 aromatic rings. The number of hydrogen-bond donors (Lipinski definition) is 2. The first kappa shape index (κ1) is 23.3. The van der Waals surface area contributed by atoms with Crippen LogP contribution in [0, 0.1) is 11.6 Å². The summed E-state index contributed by atoms with van der Waals surface area (Å²) in [6.45, 7) is 1.29. The number of carbonyl (C=O) groups is 2. The van der Waals surface area contributed by atoms with E-state index in [-0.39, 0.29) is 54.8 Å². The van der Waals surface area contributed by atoms with Crippen LogP contribution >= 0.6 is 11.6 Å². The van der Waals surface area contributed by atoms with Crippen LogP contribution in [0.1, 0.15) is 25.3 Å². The number of rotatable bonds is 5. The minimum Gasteiger partial charge on any atom is -0.490 e. The first-order chi connectivity index (χ1) is 15.7. The normalized spacial score (nSPS) is 22.4. The maximum Gasteiger partial charge on any atom is 0.303 e. The molecule has 2 aliphatic rings. The lowest BCUT2D eigenvalue weighted by atomic mass is 9.88. The van der Waals surface area contributed by atoms with Gasteiger partial charge in [0.25, 0.3) is 0 Å². The van der Waals surface area contributed by atoms with Crippen molar-refractivity contribution in [3.05, 3.63) is 52.6 Å². The first-order valence-electron chi connectivity index (χ1n) is 10.5. The van der Waals surface area contributed by atoms with E-state index in [2.05, 4.69) is 5.32 Å². The fraction of sp³-hybridized carbons (Fsp3) is 0.391. The van der Waals surface area contributed by atoms with Gasteiger partial charge in [-0.1, -0.05) is 11.6 Å². The number of esters is 1. The van der Waals surface area contributed by atoms with E-state index in [1.54, 1.807) is 11.0 Å². The van der Waals surface area contributed by atoms with E-state index in [1.165, 1.54) is 31.2 Å². The number of piperidine rings is 1. The van der Waals surface area contributed by atoms with E-state index in [9.17, 15) is 23.5 Å². The van der Waals surface area contributed by atoms with Crippen molar-refractivity contribution in [1.82, 2.24) is 0 Å². The number of carbonyl (C=O) groups excluding carboxylic acids is 2. The van der Waals surface area contributed by atoms with E-state index in [4.69, 9.17) is 21.1 Å². The van der Waals surface area contributed by atoms with Crippen molar-refractivity contribution < 1.29 is 33.0 Å². The van der Waals surface area contributed by atoms with Gasteiger partial charge in [-0.2, -0.15) is 0 Å². The highest BCUT2D eigenvalue weighted by molar-refractivity contribution is 6.30. The number of ether oxygens (including phenoxy) is 2. The molecule has 2 N–H and O–H groups in total. The number of nitrogens with zero attached hydrogens (tertiary/aromatic N) is 1. The number of anilines is 2. The van der Waals surface area contributed by atoms with Gasteiger partial charge in [-0.3, -0.25) is 9.59 Å². The van der Waals surface area contributed by atoms with Crippen LogP contribution < -0.4 is 15.0 Å².